The molecule has 0 amide bonds. The van der Waals surface area contributed by atoms with Crippen LogP contribution in [-0.4, -0.2) is 24.3 Å². The summed E-state index contributed by atoms with van der Waals surface area (Å²) in [5.74, 6) is 0.941. The highest BCUT2D eigenvalue weighted by atomic mass is 16.5. The van der Waals surface area contributed by atoms with Crippen molar-refractivity contribution in [2.75, 3.05) is 6.54 Å². The van der Waals surface area contributed by atoms with Crippen LogP contribution in [0.1, 0.15) is 84.0 Å². The van der Waals surface area contributed by atoms with E-state index >= 15 is 0 Å². The Balaban J connectivity index is 1.45. The van der Waals surface area contributed by atoms with Gasteiger partial charge in [-0.3, -0.25) is 0 Å². The highest BCUT2D eigenvalue weighted by Gasteiger charge is 2.42. The first-order valence-electron chi connectivity index (χ1n) is 9.22. The second-order valence-corrected chi connectivity index (χ2v) is 7.45. The van der Waals surface area contributed by atoms with Gasteiger partial charge in [-0.15, -0.1) is 0 Å². The molecule has 2 saturated carbocycles. The fourth-order valence-corrected chi connectivity index (χ4v) is 4.98. The fourth-order valence-electron chi connectivity index (χ4n) is 4.98. The van der Waals surface area contributed by atoms with Crippen molar-refractivity contribution >= 4 is 0 Å². The summed E-state index contributed by atoms with van der Waals surface area (Å²) in [5.41, 5.74) is 0.325. The van der Waals surface area contributed by atoms with Crippen molar-refractivity contribution in [1.82, 2.24) is 5.32 Å². The summed E-state index contributed by atoms with van der Waals surface area (Å²) in [6.45, 7) is 3.37. The van der Waals surface area contributed by atoms with Gasteiger partial charge in [-0.1, -0.05) is 32.6 Å². The highest BCUT2D eigenvalue weighted by molar-refractivity contribution is 4.93. The first-order chi connectivity index (χ1) is 9.81. The molecule has 0 bridgehead atoms. The van der Waals surface area contributed by atoms with E-state index in [-0.39, 0.29) is 0 Å². The average molecular weight is 279 g/mol. The van der Waals surface area contributed by atoms with Gasteiger partial charge in [0.15, 0.2) is 0 Å². The summed E-state index contributed by atoms with van der Waals surface area (Å²) in [5, 5.41) is 3.75. The molecule has 2 atom stereocenters. The molecule has 0 radical (unpaired) electrons. The van der Waals surface area contributed by atoms with Crippen LogP contribution < -0.4 is 5.32 Å². The predicted molar refractivity (Wildman–Crippen MR) is 84.0 cm³/mol. The quantitative estimate of drug-likeness (QED) is 0.777. The van der Waals surface area contributed by atoms with Gasteiger partial charge in [-0.25, -0.2) is 0 Å². The molecule has 116 valence electrons. The van der Waals surface area contributed by atoms with Crippen molar-refractivity contribution in [1.29, 1.82) is 0 Å². The number of hydrogen-bond donors (Lipinski definition) is 1. The van der Waals surface area contributed by atoms with Crippen molar-refractivity contribution in [2.45, 2.75) is 102 Å². The minimum absolute atomic E-state index is 0.325. The monoisotopic (exact) mass is 279 g/mol. The fraction of sp³-hybridized carbons (Fsp3) is 1.00. The van der Waals surface area contributed by atoms with Gasteiger partial charge >= 0.3 is 0 Å². The number of hydrogen-bond acceptors (Lipinski definition) is 2. The van der Waals surface area contributed by atoms with Crippen LogP contribution in [0.25, 0.3) is 0 Å². The summed E-state index contributed by atoms with van der Waals surface area (Å²) in [4.78, 5) is 0. The van der Waals surface area contributed by atoms with Crippen LogP contribution in [0.2, 0.25) is 0 Å². The van der Waals surface area contributed by atoms with Gasteiger partial charge in [0.25, 0.3) is 0 Å². The molecule has 20 heavy (non-hydrogen) atoms. The maximum atomic E-state index is 6.47. The van der Waals surface area contributed by atoms with Gasteiger partial charge in [0.1, 0.15) is 0 Å². The van der Waals surface area contributed by atoms with E-state index in [1.54, 1.807) is 0 Å². The molecule has 2 aliphatic carbocycles. The third kappa shape index (κ3) is 3.39. The molecule has 3 rings (SSSR count). The first-order valence-corrected chi connectivity index (χ1v) is 9.22. The zero-order chi connectivity index (χ0) is 13.8. The number of ether oxygens (including phenoxy) is 1. The van der Waals surface area contributed by atoms with Gasteiger partial charge in [0.2, 0.25) is 0 Å². The zero-order valence-electron chi connectivity index (χ0n) is 13.3. The lowest BCUT2D eigenvalue weighted by molar-refractivity contribution is -0.0406. The lowest BCUT2D eigenvalue weighted by Crippen LogP contribution is -2.36. The summed E-state index contributed by atoms with van der Waals surface area (Å²) >= 11 is 0. The topological polar surface area (TPSA) is 21.3 Å². The van der Waals surface area contributed by atoms with E-state index < -0.39 is 0 Å². The Labute approximate surface area is 125 Å². The smallest absolute Gasteiger partial charge is 0.0687 e. The molecule has 0 aromatic carbocycles. The van der Waals surface area contributed by atoms with E-state index in [9.17, 15) is 0 Å². The Bertz CT molecular complexity index is 292. The molecular weight excluding hydrogens is 246 g/mol. The Morgan fingerprint density at radius 1 is 1.05 bits per heavy atom. The van der Waals surface area contributed by atoms with Crippen LogP contribution in [0.15, 0.2) is 0 Å². The molecule has 1 N–H and O–H groups in total. The van der Waals surface area contributed by atoms with E-state index in [0.717, 1.165) is 18.5 Å². The molecule has 2 unspecified atom stereocenters. The van der Waals surface area contributed by atoms with Crippen LogP contribution in [0, 0.1) is 5.92 Å². The van der Waals surface area contributed by atoms with Gasteiger partial charge in [0.05, 0.1) is 11.7 Å². The summed E-state index contributed by atoms with van der Waals surface area (Å²) in [6, 6.07) is 0.756. The molecule has 1 heterocycles. The standard InChI is InChI=1S/C18H33NO/c1-2-19-17(15-7-3-4-8-15)10-9-16-11-14-18(20-16)12-5-6-13-18/h15-17,19H,2-14H2,1H3. The second-order valence-electron chi connectivity index (χ2n) is 7.45. The van der Waals surface area contributed by atoms with Crippen LogP contribution in [-0.2, 0) is 4.74 Å². The zero-order valence-corrected chi connectivity index (χ0v) is 13.3. The molecule has 1 saturated heterocycles. The van der Waals surface area contributed by atoms with Gasteiger partial charge < -0.3 is 10.1 Å². The molecule has 3 fully saturated rings. The molecule has 1 spiro atoms. The van der Waals surface area contributed by atoms with Crippen molar-refractivity contribution in [3.05, 3.63) is 0 Å². The average Bonchev–Trinajstić information content (AvgIpc) is 3.18. The predicted octanol–water partition coefficient (Wildman–Crippen LogP) is 4.43. The molecular formula is C18H33NO. The van der Waals surface area contributed by atoms with E-state index in [4.69, 9.17) is 4.74 Å². The van der Waals surface area contributed by atoms with Gasteiger partial charge in [-0.05, 0) is 63.8 Å². The highest BCUT2D eigenvalue weighted by Crippen LogP contribution is 2.44. The van der Waals surface area contributed by atoms with Crippen LogP contribution >= 0.6 is 0 Å². The van der Waals surface area contributed by atoms with Gasteiger partial charge in [-0.2, -0.15) is 0 Å². The number of rotatable bonds is 6. The van der Waals surface area contributed by atoms with E-state index in [2.05, 4.69) is 12.2 Å². The van der Waals surface area contributed by atoms with Crippen LogP contribution in [0.5, 0.6) is 0 Å². The third-order valence-electron chi connectivity index (χ3n) is 6.09. The third-order valence-corrected chi connectivity index (χ3v) is 6.09. The molecule has 0 aromatic heterocycles. The molecule has 0 aromatic rings. The Kier molecular flexibility index (Phi) is 5.04. The van der Waals surface area contributed by atoms with E-state index in [0.29, 0.717) is 11.7 Å². The van der Waals surface area contributed by atoms with Crippen LogP contribution in [0.4, 0.5) is 0 Å². The van der Waals surface area contributed by atoms with Crippen molar-refractivity contribution in [3.63, 3.8) is 0 Å². The Morgan fingerprint density at radius 2 is 1.80 bits per heavy atom. The Morgan fingerprint density at radius 3 is 2.50 bits per heavy atom. The summed E-state index contributed by atoms with van der Waals surface area (Å²) in [7, 11) is 0. The molecule has 2 nitrogen and oxygen atoms in total. The number of nitrogens with one attached hydrogen (secondary N) is 1. The van der Waals surface area contributed by atoms with E-state index in [1.807, 2.05) is 0 Å². The maximum absolute atomic E-state index is 6.47. The first kappa shape index (κ1) is 14.8. The molecule has 1 aliphatic heterocycles. The van der Waals surface area contributed by atoms with Crippen molar-refractivity contribution in [3.8, 4) is 0 Å². The second kappa shape index (κ2) is 6.79. The normalized spacial score (nSPS) is 31.4. The Hall–Kier alpha value is -0.0800. The lowest BCUT2D eigenvalue weighted by atomic mass is 9.92. The summed E-state index contributed by atoms with van der Waals surface area (Å²) < 4.78 is 6.47. The SMILES string of the molecule is CCNC(CCC1CCC2(CCCC2)O1)C1CCCC1. The maximum Gasteiger partial charge on any atom is 0.0687 e. The van der Waals surface area contributed by atoms with Crippen molar-refractivity contribution in [2.24, 2.45) is 5.92 Å². The minimum atomic E-state index is 0.325. The molecule has 3 aliphatic rings. The molecule has 2 heteroatoms. The van der Waals surface area contributed by atoms with E-state index in [1.165, 1.54) is 77.0 Å². The minimum Gasteiger partial charge on any atom is -0.372 e. The van der Waals surface area contributed by atoms with Crippen molar-refractivity contribution < 1.29 is 4.74 Å². The largest absolute Gasteiger partial charge is 0.372 e. The summed E-state index contributed by atoms with van der Waals surface area (Å²) in [6.07, 6.45) is 17.1. The van der Waals surface area contributed by atoms with Crippen LogP contribution in [0.3, 0.4) is 0 Å². The lowest BCUT2D eigenvalue weighted by Gasteiger charge is -2.27. The van der Waals surface area contributed by atoms with Gasteiger partial charge in [0, 0.05) is 6.04 Å².